The monoisotopic (exact) mass is 289 g/mol. The van der Waals surface area contributed by atoms with Gasteiger partial charge in [0.2, 0.25) is 0 Å². The molecule has 0 spiro atoms. The number of ether oxygens (including phenoxy) is 1. The van der Waals surface area contributed by atoms with Gasteiger partial charge in [-0.05, 0) is 62.7 Å². The van der Waals surface area contributed by atoms with Crippen LogP contribution in [0.2, 0.25) is 5.02 Å². The molecular weight excluding hydrogens is 270 g/mol. The standard InChI is InChI=1S/C17H20ClNO/c1-17(2,3)19-12-13-4-8-15(9-5-13)20-16-10-6-14(18)7-11-16/h4-11,19H,12H2,1-3H3. The molecule has 0 heterocycles. The second kappa shape index (κ2) is 6.29. The van der Waals surface area contributed by atoms with Crippen molar-refractivity contribution in [2.24, 2.45) is 0 Å². The quantitative estimate of drug-likeness (QED) is 0.853. The fourth-order valence-corrected chi connectivity index (χ4v) is 1.81. The molecule has 0 aliphatic carbocycles. The first-order valence-corrected chi connectivity index (χ1v) is 7.08. The zero-order valence-electron chi connectivity index (χ0n) is 12.1. The molecule has 0 unspecified atom stereocenters. The molecule has 0 fully saturated rings. The van der Waals surface area contributed by atoms with Crippen LogP contribution in [0.25, 0.3) is 0 Å². The maximum absolute atomic E-state index is 5.84. The molecule has 0 aromatic heterocycles. The Morgan fingerprint density at radius 3 is 1.90 bits per heavy atom. The van der Waals surface area contributed by atoms with Crippen molar-refractivity contribution in [3.05, 3.63) is 59.1 Å². The van der Waals surface area contributed by atoms with E-state index in [1.165, 1.54) is 5.56 Å². The summed E-state index contributed by atoms with van der Waals surface area (Å²) in [6, 6.07) is 15.5. The summed E-state index contributed by atoms with van der Waals surface area (Å²) in [5.74, 6) is 1.61. The van der Waals surface area contributed by atoms with E-state index in [0.717, 1.165) is 18.0 Å². The summed E-state index contributed by atoms with van der Waals surface area (Å²) in [7, 11) is 0. The van der Waals surface area contributed by atoms with Crippen LogP contribution in [0.3, 0.4) is 0 Å². The maximum atomic E-state index is 5.84. The fourth-order valence-electron chi connectivity index (χ4n) is 1.68. The summed E-state index contributed by atoms with van der Waals surface area (Å²) in [6.07, 6.45) is 0. The topological polar surface area (TPSA) is 21.3 Å². The van der Waals surface area contributed by atoms with Gasteiger partial charge in [0.15, 0.2) is 0 Å². The van der Waals surface area contributed by atoms with Crippen molar-refractivity contribution >= 4 is 11.6 Å². The molecule has 0 amide bonds. The van der Waals surface area contributed by atoms with Gasteiger partial charge in [-0.15, -0.1) is 0 Å². The third-order valence-electron chi connectivity index (χ3n) is 2.80. The Balaban J connectivity index is 1.96. The summed E-state index contributed by atoms with van der Waals surface area (Å²) in [5, 5.41) is 4.17. The molecule has 1 N–H and O–H groups in total. The molecule has 2 aromatic carbocycles. The van der Waals surface area contributed by atoms with E-state index in [4.69, 9.17) is 16.3 Å². The van der Waals surface area contributed by atoms with Gasteiger partial charge in [-0.3, -0.25) is 0 Å². The number of rotatable bonds is 4. The summed E-state index contributed by atoms with van der Waals surface area (Å²) in [5.41, 5.74) is 1.36. The lowest BCUT2D eigenvalue weighted by molar-refractivity contribution is 0.424. The number of hydrogen-bond donors (Lipinski definition) is 1. The minimum absolute atomic E-state index is 0.123. The summed E-state index contributed by atoms with van der Waals surface area (Å²) in [6.45, 7) is 7.33. The van der Waals surface area contributed by atoms with Crippen LogP contribution in [0.4, 0.5) is 0 Å². The molecule has 2 nitrogen and oxygen atoms in total. The molecule has 0 atom stereocenters. The van der Waals surface area contributed by atoms with Crippen LogP contribution >= 0.6 is 11.6 Å². The van der Waals surface area contributed by atoms with Gasteiger partial charge >= 0.3 is 0 Å². The summed E-state index contributed by atoms with van der Waals surface area (Å²) >= 11 is 5.84. The molecule has 0 radical (unpaired) electrons. The summed E-state index contributed by atoms with van der Waals surface area (Å²) < 4.78 is 5.75. The Kier molecular flexibility index (Phi) is 4.69. The number of nitrogens with one attached hydrogen (secondary N) is 1. The Bertz CT molecular complexity index is 541. The lowest BCUT2D eigenvalue weighted by Crippen LogP contribution is -2.34. The lowest BCUT2D eigenvalue weighted by atomic mass is 10.1. The molecule has 3 heteroatoms. The third kappa shape index (κ3) is 4.87. The second-order valence-electron chi connectivity index (χ2n) is 5.80. The van der Waals surface area contributed by atoms with Gasteiger partial charge in [0.05, 0.1) is 0 Å². The Morgan fingerprint density at radius 2 is 1.40 bits per heavy atom. The van der Waals surface area contributed by atoms with Crippen LogP contribution < -0.4 is 10.1 Å². The van der Waals surface area contributed by atoms with E-state index in [1.54, 1.807) is 0 Å². The largest absolute Gasteiger partial charge is 0.457 e. The highest BCUT2D eigenvalue weighted by Gasteiger charge is 2.08. The number of benzene rings is 2. The zero-order valence-corrected chi connectivity index (χ0v) is 12.9. The van der Waals surface area contributed by atoms with E-state index < -0.39 is 0 Å². The van der Waals surface area contributed by atoms with Gasteiger partial charge in [-0.1, -0.05) is 23.7 Å². The van der Waals surface area contributed by atoms with E-state index in [0.29, 0.717) is 5.02 Å². The van der Waals surface area contributed by atoms with Crippen molar-refractivity contribution in [2.75, 3.05) is 0 Å². The SMILES string of the molecule is CC(C)(C)NCc1ccc(Oc2ccc(Cl)cc2)cc1. The van der Waals surface area contributed by atoms with Crippen LogP contribution in [0.5, 0.6) is 11.5 Å². The van der Waals surface area contributed by atoms with Crippen LogP contribution in [-0.2, 0) is 6.54 Å². The molecule has 106 valence electrons. The van der Waals surface area contributed by atoms with Crippen LogP contribution in [0, 0.1) is 0 Å². The van der Waals surface area contributed by atoms with Crippen LogP contribution in [0.15, 0.2) is 48.5 Å². The van der Waals surface area contributed by atoms with E-state index in [1.807, 2.05) is 36.4 Å². The first-order chi connectivity index (χ1) is 9.42. The van der Waals surface area contributed by atoms with Crippen molar-refractivity contribution in [1.29, 1.82) is 0 Å². The van der Waals surface area contributed by atoms with E-state index in [9.17, 15) is 0 Å². The molecule has 0 saturated carbocycles. The van der Waals surface area contributed by atoms with Crippen molar-refractivity contribution in [3.8, 4) is 11.5 Å². The van der Waals surface area contributed by atoms with Gasteiger partial charge < -0.3 is 10.1 Å². The molecule has 20 heavy (non-hydrogen) atoms. The van der Waals surface area contributed by atoms with Gasteiger partial charge in [0, 0.05) is 17.1 Å². The van der Waals surface area contributed by atoms with Gasteiger partial charge in [-0.2, -0.15) is 0 Å². The molecule has 0 bridgehead atoms. The molecular formula is C17H20ClNO. The predicted octanol–water partition coefficient (Wildman–Crippen LogP) is 5.02. The molecule has 2 aromatic rings. The first kappa shape index (κ1) is 14.9. The number of hydrogen-bond acceptors (Lipinski definition) is 2. The second-order valence-corrected chi connectivity index (χ2v) is 6.24. The zero-order chi connectivity index (χ0) is 14.6. The minimum Gasteiger partial charge on any atom is -0.457 e. The van der Waals surface area contributed by atoms with Crippen molar-refractivity contribution < 1.29 is 4.74 Å². The number of halogens is 1. The average Bonchev–Trinajstić information content (AvgIpc) is 2.40. The Labute approximate surface area is 125 Å². The highest BCUT2D eigenvalue weighted by Crippen LogP contribution is 2.23. The predicted molar refractivity (Wildman–Crippen MR) is 84.6 cm³/mol. The third-order valence-corrected chi connectivity index (χ3v) is 3.05. The van der Waals surface area contributed by atoms with E-state index >= 15 is 0 Å². The van der Waals surface area contributed by atoms with Crippen molar-refractivity contribution in [2.45, 2.75) is 32.9 Å². The van der Waals surface area contributed by atoms with Gasteiger partial charge in [-0.25, -0.2) is 0 Å². The normalized spacial score (nSPS) is 11.4. The summed E-state index contributed by atoms with van der Waals surface area (Å²) in [4.78, 5) is 0. The van der Waals surface area contributed by atoms with Gasteiger partial charge in [0.25, 0.3) is 0 Å². The fraction of sp³-hybridized carbons (Fsp3) is 0.294. The first-order valence-electron chi connectivity index (χ1n) is 6.70. The maximum Gasteiger partial charge on any atom is 0.127 e. The van der Waals surface area contributed by atoms with Crippen molar-refractivity contribution in [3.63, 3.8) is 0 Å². The highest BCUT2D eigenvalue weighted by atomic mass is 35.5. The molecule has 2 rings (SSSR count). The molecule has 0 aliphatic rings. The van der Waals surface area contributed by atoms with Crippen molar-refractivity contribution in [1.82, 2.24) is 5.32 Å². The average molecular weight is 290 g/mol. The smallest absolute Gasteiger partial charge is 0.127 e. The minimum atomic E-state index is 0.123. The lowest BCUT2D eigenvalue weighted by Gasteiger charge is -2.20. The van der Waals surface area contributed by atoms with E-state index in [-0.39, 0.29) is 5.54 Å². The Morgan fingerprint density at radius 1 is 0.900 bits per heavy atom. The Hall–Kier alpha value is -1.51. The van der Waals surface area contributed by atoms with Gasteiger partial charge in [0.1, 0.15) is 11.5 Å². The van der Waals surface area contributed by atoms with Crippen LogP contribution in [-0.4, -0.2) is 5.54 Å². The van der Waals surface area contributed by atoms with Crippen LogP contribution in [0.1, 0.15) is 26.3 Å². The highest BCUT2D eigenvalue weighted by molar-refractivity contribution is 6.30. The molecule has 0 saturated heterocycles. The van der Waals surface area contributed by atoms with E-state index in [2.05, 4.69) is 38.2 Å². The molecule has 0 aliphatic heterocycles.